The van der Waals surface area contributed by atoms with Crippen molar-refractivity contribution in [1.29, 1.82) is 0 Å². The molecule has 17 heavy (non-hydrogen) atoms. The summed E-state index contributed by atoms with van der Waals surface area (Å²) in [5.74, 6) is -0.295. The molecule has 0 atom stereocenters. The normalized spacial score (nSPS) is 10.8. The van der Waals surface area contributed by atoms with Crippen LogP contribution in [0.5, 0.6) is 0 Å². The Morgan fingerprint density at radius 2 is 2.35 bits per heavy atom. The number of ether oxygens (including phenoxy) is 1. The van der Waals surface area contributed by atoms with Crippen molar-refractivity contribution in [3.8, 4) is 0 Å². The smallest absolute Gasteiger partial charge is 0.327 e. The van der Waals surface area contributed by atoms with Crippen LogP contribution in [0.25, 0.3) is 11.0 Å². The van der Waals surface area contributed by atoms with E-state index in [0.29, 0.717) is 6.61 Å². The maximum atomic E-state index is 11.4. The lowest BCUT2D eigenvalue weighted by atomic mass is 10.3. The second-order valence-corrected chi connectivity index (χ2v) is 4.49. The van der Waals surface area contributed by atoms with Crippen LogP contribution >= 0.6 is 15.9 Å². The van der Waals surface area contributed by atoms with Gasteiger partial charge in [0.1, 0.15) is 12.1 Å². The van der Waals surface area contributed by atoms with Crippen molar-refractivity contribution < 1.29 is 9.53 Å². The Balaban J connectivity index is 2.40. The van der Waals surface area contributed by atoms with Gasteiger partial charge in [-0.2, -0.15) is 5.10 Å². The van der Waals surface area contributed by atoms with Crippen LogP contribution in [0.15, 0.2) is 16.7 Å². The molecule has 90 valence electrons. The van der Waals surface area contributed by atoms with Crippen LogP contribution in [0.4, 0.5) is 0 Å². The number of aromatic nitrogens is 3. The van der Waals surface area contributed by atoms with Crippen molar-refractivity contribution in [2.24, 2.45) is 0 Å². The van der Waals surface area contributed by atoms with Crippen LogP contribution in [0, 0.1) is 6.92 Å². The maximum absolute atomic E-state index is 11.4. The van der Waals surface area contributed by atoms with Crippen LogP contribution in [0.2, 0.25) is 0 Å². The fourth-order valence-electron chi connectivity index (χ4n) is 1.64. The number of pyridine rings is 1. The van der Waals surface area contributed by atoms with Gasteiger partial charge in [0.05, 0.1) is 17.8 Å². The molecule has 0 aliphatic carbocycles. The first-order valence-electron chi connectivity index (χ1n) is 5.26. The Morgan fingerprint density at radius 1 is 1.59 bits per heavy atom. The van der Waals surface area contributed by atoms with Gasteiger partial charge in [-0.1, -0.05) is 0 Å². The summed E-state index contributed by atoms with van der Waals surface area (Å²) in [6.45, 7) is 4.13. The molecule has 0 unspecified atom stereocenters. The minimum absolute atomic E-state index is 0.107. The first-order valence-corrected chi connectivity index (χ1v) is 6.05. The molecule has 2 heterocycles. The summed E-state index contributed by atoms with van der Waals surface area (Å²) >= 11 is 3.35. The number of nitrogens with zero attached hydrogens (tertiary/aromatic N) is 3. The van der Waals surface area contributed by atoms with Gasteiger partial charge in [-0.05, 0) is 35.8 Å². The number of aryl methyl sites for hydroxylation is 1. The van der Waals surface area contributed by atoms with Gasteiger partial charge in [-0.15, -0.1) is 0 Å². The van der Waals surface area contributed by atoms with E-state index in [0.717, 1.165) is 21.2 Å². The molecule has 6 heteroatoms. The lowest BCUT2D eigenvalue weighted by Gasteiger charge is -2.03. The molecule has 0 amide bonds. The lowest BCUT2D eigenvalue weighted by molar-refractivity contribution is -0.143. The van der Waals surface area contributed by atoms with E-state index in [1.807, 2.05) is 13.0 Å². The number of carbonyl (C=O) groups is 1. The van der Waals surface area contributed by atoms with Gasteiger partial charge >= 0.3 is 5.97 Å². The van der Waals surface area contributed by atoms with E-state index < -0.39 is 0 Å². The number of rotatable bonds is 3. The Labute approximate surface area is 107 Å². The molecule has 0 aliphatic heterocycles. The van der Waals surface area contributed by atoms with Gasteiger partial charge in [-0.3, -0.25) is 14.5 Å². The van der Waals surface area contributed by atoms with Gasteiger partial charge in [0, 0.05) is 10.7 Å². The summed E-state index contributed by atoms with van der Waals surface area (Å²) in [6.07, 6.45) is 1.71. The molecule has 2 aromatic rings. The molecule has 0 saturated heterocycles. The van der Waals surface area contributed by atoms with Crippen LogP contribution in [-0.2, 0) is 16.1 Å². The van der Waals surface area contributed by atoms with Crippen LogP contribution < -0.4 is 0 Å². The van der Waals surface area contributed by atoms with Crippen LogP contribution in [0.3, 0.4) is 0 Å². The van der Waals surface area contributed by atoms with Gasteiger partial charge in [-0.25, -0.2) is 0 Å². The SMILES string of the molecule is CCOC(=O)Cn1nc(C)c2ncc(Br)cc21. The highest BCUT2D eigenvalue weighted by Gasteiger charge is 2.12. The van der Waals surface area contributed by atoms with Crippen LogP contribution in [0.1, 0.15) is 12.6 Å². The van der Waals surface area contributed by atoms with E-state index in [-0.39, 0.29) is 12.5 Å². The number of hydrogen-bond acceptors (Lipinski definition) is 4. The molecule has 0 aromatic carbocycles. The Morgan fingerprint density at radius 3 is 3.06 bits per heavy atom. The second kappa shape index (κ2) is 4.83. The molecule has 0 fully saturated rings. The van der Waals surface area contributed by atoms with E-state index in [9.17, 15) is 4.79 Å². The minimum atomic E-state index is -0.295. The average Bonchev–Trinajstić information content (AvgIpc) is 2.55. The van der Waals surface area contributed by atoms with Crippen LogP contribution in [-0.4, -0.2) is 27.3 Å². The quantitative estimate of drug-likeness (QED) is 0.814. The van der Waals surface area contributed by atoms with E-state index in [2.05, 4.69) is 26.0 Å². The summed E-state index contributed by atoms with van der Waals surface area (Å²) < 4.78 is 7.37. The Hall–Kier alpha value is -1.43. The molecule has 2 aromatic heterocycles. The monoisotopic (exact) mass is 297 g/mol. The van der Waals surface area contributed by atoms with Crippen molar-refractivity contribution in [1.82, 2.24) is 14.8 Å². The van der Waals surface area contributed by atoms with Crippen molar-refractivity contribution in [3.63, 3.8) is 0 Å². The summed E-state index contributed by atoms with van der Waals surface area (Å²) in [6, 6.07) is 1.89. The first kappa shape index (κ1) is 12.0. The molecule has 2 rings (SSSR count). The number of fused-ring (bicyclic) bond motifs is 1. The van der Waals surface area contributed by atoms with E-state index in [4.69, 9.17) is 4.74 Å². The Kier molecular flexibility index (Phi) is 3.42. The van der Waals surface area contributed by atoms with Crippen molar-refractivity contribution in [3.05, 3.63) is 22.4 Å². The summed E-state index contributed by atoms with van der Waals surface area (Å²) in [7, 11) is 0. The maximum Gasteiger partial charge on any atom is 0.327 e. The standard InChI is InChI=1S/C11H12BrN3O2/c1-3-17-10(16)6-15-9-4-8(12)5-13-11(9)7(2)14-15/h4-5H,3,6H2,1-2H3. The third kappa shape index (κ3) is 2.46. The number of esters is 1. The second-order valence-electron chi connectivity index (χ2n) is 3.57. The van der Waals surface area contributed by atoms with E-state index in [1.54, 1.807) is 17.8 Å². The molecule has 0 bridgehead atoms. The summed E-state index contributed by atoms with van der Waals surface area (Å²) in [4.78, 5) is 15.7. The molecule has 0 spiro atoms. The van der Waals surface area contributed by atoms with E-state index >= 15 is 0 Å². The lowest BCUT2D eigenvalue weighted by Crippen LogP contribution is -2.14. The van der Waals surface area contributed by atoms with Gasteiger partial charge in [0.25, 0.3) is 0 Å². The fourth-order valence-corrected chi connectivity index (χ4v) is 1.96. The van der Waals surface area contributed by atoms with Gasteiger partial charge in [0.2, 0.25) is 0 Å². The number of hydrogen-bond donors (Lipinski definition) is 0. The third-order valence-corrected chi connectivity index (χ3v) is 2.74. The fraction of sp³-hybridized carbons (Fsp3) is 0.364. The highest BCUT2D eigenvalue weighted by molar-refractivity contribution is 9.10. The zero-order valence-corrected chi connectivity index (χ0v) is 11.2. The first-order chi connectivity index (χ1) is 8.11. The predicted molar refractivity (Wildman–Crippen MR) is 66.6 cm³/mol. The summed E-state index contributed by atoms with van der Waals surface area (Å²) in [5.41, 5.74) is 2.43. The third-order valence-electron chi connectivity index (χ3n) is 2.31. The highest BCUT2D eigenvalue weighted by Crippen LogP contribution is 2.19. The van der Waals surface area contributed by atoms with Crippen molar-refractivity contribution in [2.75, 3.05) is 6.61 Å². The molecular weight excluding hydrogens is 286 g/mol. The van der Waals surface area contributed by atoms with Crippen molar-refractivity contribution in [2.45, 2.75) is 20.4 Å². The molecule has 0 radical (unpaired) electrons. The molecule has 5 nitrogen and oxygen atoms in total. The average molecular weight is 298 g/mol. The molecule has 0 N–H and O–H groups in total. The highest BCUT2D eigenvalue weighted by atomic mass is 79.9. The Bertz CT molecular complexity index is 565. The number of halogens is 1. The topological polar surface area (TPSA) is 57.0 Å². The zero-order chi connectivity index (χ0) is 12.4. The van der Waals surface area contributed by atoms with Gasteiger partial charge < -0.3 is 4.74 Å². The molecule has 0 aliphatic rings. The predicted octanol–water partition coefficient (Wildman–Crippen LogP) is 2.07. The van der Waals surface area contributed by atoms with Gasteiger partial charge in [0.15, 0.2) is 0 Å². The summed E-state index contributed by atoms with van der Waals surface area (Å²) in [5, 5.41) is 4.29. The van der Waals surface area contributed by atoms with E-state index in [1.165, 1.54) is 0 Å². The zero-order valence-electron chi connectivity index (χ0n) is 9.61. The van der Waals surface area contributed by atoms with Crippen molar-refractivity contribution >= 4 is 32.9 Å². The molecular formula is C11H12BrN3O2. The number of carbonyl (C=O) groups excluding carboxylic acids is 1. The minimum Gasteiger partial charge on any atom is -0.465 e. The molecule has 0 saturated carbocycles. The largest absolute Gasteiger partial charge is 0.465 e.